The van der Waals surface area contributed by atoms with E-state index >= 15 is 0 Å². The number of nitrogens with one attached hydrogen (secondary N) is 1. The summed E-state index contributed by atoms with van der Waals surface area (Å²) in [6, 6.07) is 3.96. The summed E-state index contributed by atoms with van der Waals surface area (Å²) in [6.07, 6.45) is 4.71. The Morgan fingerprint density at radius 3 is 2.59 bits per heavy atom. The van der Waals surface area contributed by atoms with Gasteiger partial charge in [0.15, 0.2) is 0 Å². The van der Waals surface area contributed by atoms with Gasteiger partial charge in [-0.3, -0.25) is 0 Å². The third-order valence-corrected chi connectivity index (χ3v) is 4.19. The minimum atomic E-state index is 0.0119. The predicted molar refractivity (Wildman–Crippen MR) is 71.5 cm³/mol. The van der Waals surface area contributed by atoms with Crippen molar-refractivity contribution < 1.29 is 0 Å². The average molecular weight is 254 g/mol. The molecule has 1 aliphatic carbocycles. The van der Waals surface area contributed by atoms with Crippen LogP contribution in [0.15, 0.2) is 12.1 Å². The highest BCUT2D eigenvalue weighted by Gasteiger charge is 2.33. The first kappa shape index (κ1) is 12.6. The fourth-order valence-electron chi connectivity index (χ4n) is 2.34. The van der Waals surface area contributed by atoms with Gasteiger partial charge in [0.05, 0.1) is 11.2 Å². The monoisotopic (exact) mass is 253 g/mol. The van der Waals surface area contributed by atoms with Crippen molar-refractivity contribution in [3.05, 3.63) is 17.8 Å². The van der Waals surface area contributed by atoms with Crippen LogP contribution < -0.4 is 5.32 Å². The molecule has 0 atom stereocenters. The summed E-state index contributed by atoms with van der Waals surface area (Å²) >= 11 is 6.16. The number of aromatic nitrogens is 2. The van der Waals surface area contributed by atoms with Crippen molar-refractivity contribution in [2.45, 2.75) is 45.1 Å². The molecule has 1 heterocycles. The molecule has 0 amide bonds. The fraction of sp³-hybridized carbons (Fsp3) is 0.692. The van der Waals surface area contributed by atoms with E-state index in [2.05, 4.69) is 22.4 Å². The summed E-state index contributed by atoms with van der Waals surface area (Å²) in [5.41, 5.74) is 0.950. The molecule has 0 saturated heterocycles. The Morgan fingerprint density at radius 1 is 1.35 bits per heavy atom. The largest absolute Gasteiger partial charge is 0.362 e. The van der Waals surface area contributed by atoms with Crippen LogP contribution in [-0.2, 0) is 0 Å². The van der Waals surface area contributed by atoms with Gasteiger partial charge in [-0.05, 0) is 50.7 Å². The maximum Gasteiger partial charge on any atom is 0.149 e. The summed E-state index contributed by atoms with van der Waals surface area (Å²) in [5.74, 6) is 2.29. The van der Waals surface area contributed by atoms with Gasteiger partial charge in [0.2, 0.25) is 0 Å². The minimum absolute atomic E-state index is 0.0119. The number of nitrogens with zero attached hydrogens (tertiary/aromatic N) is 2. The molecule has 1 fully saturated rings. The predicted octanol–water partition coefficient (Wildman–Crippen LogP) is 3.38. The summed E-state index contributed by atoms with van der Waals surface area (Å²) in [4.78, 5) is 0. The molecule has 0 radical (unpaired) electrons. The van der Waals surface area contributed by atoms with E-state index in [0.29, 0.717) is 5.88 Å². The number of anilines is 1. The standard InChI is InChI=1S/C13H20ClN3/c1-10-5-7-13(9-14,8-6-10)15-12-4-3-11(2)16-17-12/h3-4,10H,5-9H2,1-2H3,(H,15,17). The molecule has 17 heavy (non-hydrogen) atoms. The molecule has 1 aromatic heterocycles. The quantitative estimate of drug-likeness (QED) is 0.840. The number of hydrogen-bond acceptors (Lipinski definition) is 3. The maximum atomic E-state index is 6.16. The van der Waals surface area contributed by atoms with Crippen LogP contribution in [0.4, 0.5) is 5.82 Å². The smallest absolute Gasteiger partial charge is 0.149 e. The highest BCUT2D eigenvalue weighted by molar-refractivity contribution is 6.18. The van der Waals surface area contributed by atoms with Gasteiger partial charge < -0.3 is 5.32 Å². The van der Waals surface area contributed by atoms with Crippen molar-refractivity contribution in [2.24, 2.45) is 5.92 Å². The molecule has 1 saturated carbocycles. The van der Waals surface area contributed by atoms with Gasteiger partial charge in [-0.1, -0.05) is 6.92 Å². The number of rotatable bonds is 3. The lowest BCUT2D eigenvalue weighted by Crippen LogP contribution is -2.43. The molecular weight excluding hydrogens is 234 g/mol. The van der Waals surface area contributed by atoms with E-state index in [0.717, 1.165) is 30.3 Å². The molecule has 0 unspecified atom stereocenters. The molecule has 0 aliphatic heterocycles. The number of aryl methyl sites for hydroxylation is 1. The molecule has 4 heteroatoms. The third-order valence-electron chi connectivity index (χ3n) is 3.68. The van der Waals surface area contributed by atoms with Gasteiger partial charge >= 0.3 is 0 Å². The highest BCUT2D eigenvalue weighted by atomic mass is 35.5. The van der Waals surface area contributed by atoms with E-state index in [1.807, 2.05) is 19.1 Å². The highest BCUT2D eigenvalue weighted by Crippen LogP contribution is 2.35. The van der Waals surface area contributed by atoms with Gasteiger partial charge in [0, 0.05) is 5.88 Å². The van der Waals surface area contributed by atoms with E-state index in [4.69, 9.17) is 11.6 Å². The van der Waals surface area contributed by atoms with Crippen molar-refractivity contribution >= 4 is 17.4 Å². The van der Waals surface area contributed by atoms with E-state index < -0.39 is 0 Å². The Bertz CT molecular complexity index is 355. The molecule has 1 aliphatic rings. The van der Waals surface area contributed by atoms with E-state index in [1.165, 1.54) is 12.8 Å². The van der Waals surface area contributed by atoms with E-state index in [-0.39, 0.29) is 5.54 Å². The summed E-state index contributed by atoms with van der Waals surface area (Å²) in [6.45, 7) is 4.25. The van der Waals surface area contributed by atoms with Crippen molar-refractivity contribution in [1.29, 1.82) is 0 Å². The first-order chi connectivity index (χ1) is 8.13. The Balaban J connectivity index is 2.06. The van der Waals surface area contributed by atoms with Gasteiger partial charge in [-0.15, -0.1) is 16.7 Å². The van der Waals surface area contributed by atoms with Crippen LogP contribution in [-0.4, -0.2) is 21.6 Å². The molecule has 1 aromatic rings. The molecule has 2 rings (SSSR count). The molecular formula is C13H20ClN3. The lowest BCUT2D eigenvalue weighted by atomic mass is 9.78. The fourth-order valence-corrected chi connectivity index (χ4v) is 2.68. The first-order valence-corrected chi connectivity index (χ1v) is 6.81. The van der Waals surface area contributed by atoms with Crippen LogP contribution in [0, 0.1) is 12.8 Å². The number of halogens is 1. The molecule has 1 N–H and O–H groups in total. The molecule has 0 bridgehead atoms. The van der Waals surface area contributed by atoms with Crippen LogP contribution in [0.2, 0.25) is 0 Å². The first-order valence-electron chi connectivity index (χ1n) is 6.28. The van der Waals surface area contributed by atoms with Crippen molar-refractivity contribution in [1.82, 2.24) is 10.2 Å². The van der Waals surface area contributed by atoms with Crippen LogP contribution in [0.3, 0.4) is 0 Å². The lowest BCUT2D eigenvalue weighted by Gasteiger charge is -2.39. The number of hydrogen-bond donors (Lipinski definition) is 1. The SMILES string of the molecule is Cc1ccc(NC2(CCl)CCC(C)CC2)nn1. The summed E-state index contributed by atoms with van der Waals surface area (Å²) < 4.78 is 0. The van der Waals surface area contributed by atoms with Crippen LogP contribution in [0.1, 0.15) is 38.3 Å². The average Bonchev–Trinajstić information content (AvgIpc) is 2.35. The second-order valence-corrected chi connectivity index (χ2v) is 5.55. The van der Waals surface area contributed by atoms with Gasteiger partial charge in [-0.25, -0.2) is 0 Å². The maximum absolute atomic E-state index is 6.16. The minimum Gasteiger partial charge on any atom is -0.362 e. The molecule has 0 aromatic carbocycles. The Hall–Kier alpha value is -0.830. The zero-order valence-corrected chi connectivity index (χ0v) is 11.3. The second kappa shape index (κ2) is 5.21. The summed E-state index contributed by atoms with van der Waals surface area (Å²) in [7, 11) is 0. The molecule has 94 valence electrons. The topological polar surface area (TPSA) is 37.8 Å². The Labute approximate surface area is 108 Å². The lowest BCUT2D eigenvalue weighted by molar-refractivity contribution is 0.286. The zero-order valence-electron chi connectivity index (χ0n) is 10.5. The van der Waals surface area contributed by atoms with Gasteiger partial charge in [0.25, 0.3) is 0 Å². The van der Waals surface area contributed by atoms with E-state index in [9.17, 15) is 0 Å². The van der Waals surface area contributed by atoms with Crippen molar-refractivity contribution in [2.75, 3.05) is 11.2 Å². The van der Waals surface area contributed by atoms with Gasteiger partial charge in [0.1, 0.15) is 5.82 Å². The molecule has 0 spiro atoms. The molecule has 3 nitrogen and oxygen atoms in total. The van der Waals surface area contributed by atoms with Crippen LogP contribution >= 0.6 is 11.6 Å². The van der Waals surface area contributed by atoms with E-state index in [1.54, 1.807) is 0 Å². The van der Waals surface area contributed by atoms with Gasteiger partial charge in [-0.2, -0.15) is 5.10 Å². The van der Waals surface area contributed by atoms with Crippen molar-refractivity contribution in [3.8, 4) is 0 Å². The second-order valence-electron chi connectivity index (χ2n) is 5.28. The zero-order chi connectivity index (χ0) is 12.3. The number of alkyl halides is 1. The Kier molecular flexibility index (Phi) is 3.87. The van der Waals surface area contributed by atoms with Crippen molar-refractivity contribution in [3.63, 3.8) is 0 Å². The summed E-state index contributed by atoms with van der Waals surface area (Å²) in [5, 5.41) is 11.7. The Morgan fingerprint density at radius 2 is 2.06 bits per heavy atom. The normalized spacial score (nSPS) is 29.0. The van der Waals surface area contributed by atoms with Crippen LogP contribution in [0.25, 0.3) is 0 Å². The third kappa shape index (κ3) is 3.09. The van der Waals surface area contributed by atoms with Crippen LogP contribution in [0.5, 0.6) is 0 Å².